The average molecular weight is 534 g/mol. The van der Waals surface area contributed by atoms with Gasteiger partial charge >= 0.3 is 0 Å². The highest BCUT2D eigenvalue weighted by Gasteiger charge is 2.24. The molecule has 2 aromatic heterocycles. The third-order valence-electron chi connectivity index (χ3n) is 4.33. The molecule has 0 bridgehead atoms. The van der Waals surface area contributed by atoms with Gasteiger partial charge in [0.2, 0.25) is 11.9 Å². The molecule has 3 rings (SSSR count). The molecule has 0 aliphatic heterocycles. The lowest BCUT2D eigenvalue weighted by molar-refractivity contribution is 0.0952. The topological polar surface area (TPSA) is 83.9 Å². The van der Waals surface area contributed by atoms with Gasteiger partial charge in [0.15, 0.2) is 0 Å². The van der Waals surface area contributed by atoms with Gasteiger partial charge < -0.3 is 5.32 Å². The normalized spacial score (nSPS) is 10.6. The lowest BCUT2D eigenvalue weighted by Crippen LogP contribution is -2.28. The molecular weight excluding hydrogens is 511 g/mol. The Balaban J connectivity index is 1.90. The molecule has 2 heterocycles. The smallest absolute Gasteiger partial charge is 0.254 e. The standard InChI is InChI=1S/C21H23IN6OS/c22-16-8-5-9-17(18(16)19(29)23-10-3-1-2-4-15-30)28(20-24-11-6-12-25-20)21-26-13-7-14-27-21/h5-9,11-14,30H,1-4,10,15H2,(H,23,29). The van der Waals surface area contributed by atoms with E-state index in [0.29, 0.717) is 29.7 Å². The van der Waals surface area contributed by atoms with Crippen LogP contribution < -0.4 is 10.2 Å². The van der Waals surface area contributed by atoms with Crippen LogP contribution in [0.5, 0.6) is 0 Å². The number of halogens is 1. The van der Waals surface area contributed by atoms with Gasteiger partial charge in [-0.2, -0.15) is 12.6 Å². The SMILES string of the molecule is O=C(NCCCCCCS)c1c(I)cccc1N(c1ncccn1)c1ncccn1. The number of anilines is 3. The Morgan fingerprint density at radius 2 is 1.50 bits per heavy atom. The summed E-state index contributed by atoms with van der Waals surface area (Å²) in [6, 6.07) is 9.13. The molecule has 0 saturated heterocycles. The predicted molar refractivity (Wildman–Crippen MR) is 130 cm³/mol. The highest BCUT2D eigenvalue weighted by molar-refractivity contribution is 14.1. The van der Waals surface area contributed by atoms with Crippen molar-refractivity contribution in [3.8, 4) is 0 Å². The summed E-state index contributed by atoms with van der Waals surface area (Å²) in [6.07, 6.45) is 10.8. The van der Waals surface area contributed by atoms with Crippen molar-refractivity contribution in [1.82, 2.24) is 25.3 Å². The number of hydrogen-bond acceptors (Lipinski definition) is 7. The number of carbonyl (C=O) groups excluding carboxylic acids is 1. The first-order valence-electron chi connectivity index (χ1n) is 9.74. The van der Waals surface area contributed by atoms with Crippen LogP contribution in [-0.4, -0.2) is 38.1 Å². The number of unbranched alkanes of at least 4 members (excludes halogenated alkanes) is 3. The minimum atomic E-state index is -0.138. The van der Waals surface area contributed by atoms with E-state index in [-0.39, 0.29) is 5.91 Å². The predicted octanol–water partition coefficient (Wildman–Crippen LogP) is 4.56. The Kier molecular flexibility index (Phi) is 8.81. The first kappa shape index (κ1) is 22.4. The zero-order valence-electron chi connectivity index (χ0n) is 16.4. The van der Waals surface area contributed by atoms with Crippen molar-refractivity contribution >= 4 is 58.7 Å². The third kappa shape index (κ3) is 5.88. The van der Waals surface area contributed by atoms with Gasteiger partial charge in [-0.15, -0.1) is 0 Å². The molecule has 0 radical (unpaired) electrons. The van der Waals surface area contributed by atoms with E-state index in [1.807, 2.05) is 18.2 Å². The number of nitrogens with zero attached hydrogens (tertiary/aromatic N) is 5. The number of amides is 1. The lowest BCUT2D eigenvalue weighted by atomic mass is 10.1. The fourth-order valence-corrected chi connectivity index (χ4v) is 3.88. The molecule has 0 unspecified atom stereocenters. The minimum absolute atomic E-state index is 0.138. The van der Waals surface area contributed by atoms with Gasteiger partial charge in [0, 0.05) is 34.9 Å². The van der Waals surface area contributed by atoms with Crippen LogP contribution in [0.1, 0.15) is 36.0 Å². The van der Waals surface area contributed by atoms with Crippen molar-refractivity contribution in [2.75, 3.05) is 17.2 Å². The van der Waals surface area contributed by atoms with E-state index in [9.17, 15) is 4.79 Å². The first-order chi connectivity index (χ1) is 14.7. The zero-order chi connectivity index (χ0) is 21.2. The van der Waals surface area contributed by atoms with Crippen molar-refractivity contribution < 1.29 is 4.79 Å². The Bertz CT molecular complexity index is 905. The van der Waals surface area contributed by atoms with Crippen LogP contribution in [0.15, 0.2) is 55.1 Å². The molecule has 1 aromatic carbocycles. The van der Waals surface area contributed by atoms with Gasteiger partial charge in [-0.05, 0) is 65.5 Å². The van der Waals surface area contributed by atoms with Gasteiger partial charge in [-0.1, -0.05) is 18.9 Å². The number of benzene rings is 1. The largest absolute Gasteiger partial charge is 0.352 e. The summed E-state index contributed by atoms with van der Waals surface area (Å²) in [6.45, 7) is 0.624. The highest BCUT2D eigenvalue weighted by Crippen LogP contribution is 2.33. The monoisotopic (exact) mass is 534 g/mol. The Hall–Kier alpha value is -2.27. The van der Waals surface area contributed by atoms with Crippen molar-refractivity contribution in [2.24, 2.45) is 0 Å². The van der Waals surface area contributed by atoms with Crippen molar-refractivity contribution in [3.63, 3.8) is 0 Å². The lowest BCUT2D eigenvalue weighted by Gasteiger charge is -2.23. The molecule has 0 spiro atoms. The van der Waals surface area contributed by atoms with E-state index in [0.717, 1.165) is 35.0 Å². The second kappa shape index (κ2) is 11.8. The van der Waals surface area contributed by atoms with Crippen molar-refractivity contribution in [3.05, 3.63) is 64.3 Å². The molecule has 1 N–H and O–H groups in total. The fraction of sp³-hybridized carbons (Fsp3) is 0.286. The highest BCUT2D eigenvalue weighted by atomic mass is 127. The maximum absolute atomic E-state index is 13.1. The molecule has 1 amide bonds. The molecule has 0 atom stereocenters. The number of thiol groups is 1. The third-order valence-corrected chi connectivity index (χ3v) is 5.55. The number of nitrogens with one attached hydrogen (secondary N) is 1. The molecule has 0 saturated carbocycles. The molecule has 0 aliphatic rings. The summed E-state index contributed by atoms with van der Waals surface area (Å²) < 4.78 is 0.828. The van der Waals surface area contributed by atoms with Gasteiger partial charge in [0.25, 0.3) is 5.91 Å². The maximum atomic E-state index is 13.1. The van der Waals surface area contributed by atoms with E-state index in [2.05, 4.69) is 60.5 Å². The Morgan fingerprint density at radius 1 is 0.900 bits per heavy atom. The summed E-state index contributed by atoms with van der Waals surface area (Å²) in [7, 11) is 0. The molecule has 156 valence electrons. The number of rotatable bonds is 10. The van der Waals surface area contributed by atoms with E-state index >= 15 is 0 Å². The zero-order valence-corrected chi connectivity index (χ0v) is 19.5. The number of aromatic nitrogens is 4. The molecule has 0 aliphatic carbocycles. The van der Waals surface area contributed by atoms with Gasteiger partial charge in [0.1, 0.15) is 0 Å². The van der Waals surface area contributed by atoms with E-state index in [1.165, 1.54) is 0 Å². The summed E-state index contributed by atoms with van der Waals surface area (Å²) in [4.78, 5) is 32.2. The van der Waals surface area contributed by atoms with E-state index in [1.54, 1.807) is 41.8 Å². The number of hydrogen-bond donors (Lipinski definition) is 2. The van der Waals surface area contributed by atoms with Crippen LogP contribution in [0.3, 0.4) is 0 Å². The summed E-state index contributed by atoms with van der Waals surface area (Å²) >= 11 is 6.41. The quantitative estimate of drug-likeness (QED) is 0.226. The minimum Gasteiger partial charge on any atom is -0.352 e. The second-order valence-electron chi connectivity index (χ2n) is 6.46. The second-order valence-corrected chi connectivity index (χ2v) is 8.07. The maximum Gasteiger partial charge on any atom is 0.254 e. The summed E-state index contributed by atoms with van der Waals surface area (Å²) in [5.41, 5.74) is 1.18. The van der Waals surface area contributed by atoms with Gasteiger partial charge in [-0.3, -0.25) is 4.79 Å². The van der Waals surface area contributed by atoms with Crippen molar-refractivity contribution in [2.45, 2.75) is 25.7 Å². The van der Waals surface area contributed by atoms with Crippen LogP contribution in [-0.2, 0) is 0 Å². The first-order valence-corrected chi connectivity index (χ1v) is 11.4. The molecular formula is C21H23IN6OS. The van der Waals surface area contributed by atoms with Gasteiger partial charge in [-0.25, -0.2) is 24.8 Å². The van der Waals surface area contributed by atoms with Crippen LogP contribution >= 0.6 is 35.2 Å². The average Bonchev–Trinajstić information content (AvgIpc) is 2.78. The molecule has 3 aromatic rings. The van der Waals surface area contributed by atoms with E-state index < -0.39 is 0 Å². The van der Waals surface area contributed by atoms with Crippen LogP contribution in [0, 0.1) is 3.57 Å². The Morgan fingerprint density at radius 3 is 2.10 bits per heavy atom. The van der Waals surface area contributed by atoms with Gasteiger partial charge in [0.05, 0.1) is 11.3 Å². The fourth-order valence-electron chi connectivity index (χ4n) is 2.92. The van der Waals surface area contributed by atoms with Crippen LogP contribution in [0.25, 0.3) is 0 Å². The van der Waals surface area contributed by atoms with Crippen LogP contribution in [0.4, 0.5) is 17.6 Å². The molecule has 0 fully saturated rings. The molecule has 30 heavy (non-hydrogen) atoms. The Labute approximate surface area is 195 Å². The summed E-state index contributed by atoms with van der Waals surface area (Å²) in [5.74, 6) is 1.55. The molecule has 7 nitrogen and oxygen atoms in total. The molecule has 9 heteroatoms. The van der Waals surface area contributed by atoms with Crippen LogP contribution in [0.2, 0.25) is 0 Å². The summed E-state index contributed by atoms with van der Waals surface area (Å²) in [5, 5.41) is 3.04. The van der Waals surface area contributed by atoms with E-state index in [4.69, 9.17) is 0 Å². The number of carbonyl (C=O) groups is 1. The van der Waals surface area contributed by atoms with Crippen molar-refractivity contribution in [1.29, 1.82) is 0 Å².